The van der Waals surface area contributed by atoms with Crippen molar-refractivity contribution in [3.8, 4) is 39.6 Å². The Balaban J connectivity index is 1.62. The number of esters is 1. The number of ether oxygens (including phenoxy) is 2. The van der Waals surface area contributed by atoms with Crippen molar-refractivity contribution in [2.24, 2.45) is 11.5 Å². The van der Waals surface area contributed by atoms with Gasteiger partial charge in [0.25, 0.3) is 0 Å². The smallest absolute Gasteiger partial charge is 0.307 e. The Kier molecular flexibility index (Phi) is 12.3. The number of pyridine rings is 1. The summed E-state index contributed by atoms with van der Waals surface area (Å²) in [7, 11) is 0. The molecule has 14 heteroatoms. The number of nitrogens with one attached hydrogen (secondary N) is 1. The molecular formula is C31H28ClN7O4S2. The fourth-order valence-corrected chi connectivity index (χ4v) is 5.99. The topological polar surface area (TPSA) is 190 Å². The molecule has 2 aromatic heterocycles. The summed E-state index contributed by atoms with van der Waals surface area (Å²) in [5.41, 5.74) is 13.7. The number of thiazole rings is 1. The van der Waals surface area contributed by atoms with Gasteiger partial charge in [-0.2, -0.15) is 10.5 Å². The Morgan fingerprint density at radius 3 is 2.29 bits per heavy atom. The van der Waals surface area contributed by atoms with Crippen LogP contribution >= 0.6 is 34.7 Å². The first kappa shape index (κ1) is 33.4. The molecule has 0 spiro atoms. The van der Waals surface area contributed by atoms with Crippen LogP contribution in [0.3, 0.4) is 0 Å². The van der Waals surface area contributed by atoms with Crippen LogP contribution in [0.5, 0.6) is 5.75 Å². The molecule has 0 fully saturated rings. The standard InChI is InChI=1S/C31H28ClN7O4S2/c32-21-5-1-20(2-6-21)30-37-22(17-44-30)18-45-31-25(16-36)28(24(15-35)29(39-31)38-26(40)9-11-33)19-3-7-23(8-4-19)42-13-14-43-27(41)10-12-34/h1-8,17H,9-14,18,33-34H2,(H,38,39,40). The first-order valence-electron chi connectivity index (χ1n) is 13.7. The lowest BCUT2D eigenvalue weighted by atomic mass is 9.96. The Bertz CT molecular complexity index is 1730. The van der Waals surface area contributed by atoms with E-state index in [0.29, 0.717) is 32.7 Å². The fourth-order valence-electron chi connectivity index (χ4n) is 4.05. The number of aromatic nitrogens is 2. The van der Waals surface area contributed by atoms with Crippen molar-refractivity contribution in [3.63, 3.8) is 0 Å². The third-order valence-electron chi connectivity index (χ3n) is 6.12. The number of carbonyl (C=O) groups is 2. The number of nitrogens with two attached hydrogens (primary N) is 2. The fraction of sp³-hybridized carbons (Fsp3) is 0.226. The molecule has 0 unspecified atom stereocenters. The number of benzene rings is 2. The molecule has 0 aliphatic rings. The van der Waals surface area contributed by atoms with Gasteiger partial charge in [-0.05, 0) is 29.8 Å². The number of halogens is 1. The molecular weight excluding hydrogens is 634 g/mol. The Morgan fingerprint density at radius 1 is 0.933 bits per heavy atom. The highest BCUT2D eigenvalue weighted by Gasteiger charge is 2.23. The number of nitrogens with zero attached hydrogens (tertiary/aromatic N) is 4. The van der Waals surface area contributed by atoms with E-state index in [2.05, 4.69) is 22.4 Å². The molecule has 4 rings (SSSR count). The molecule has 0 bridgehead atoms. The summed E-state index contributed by atoms with van der Waals surface area (Å²) in [6, 6.07) is 18.5. The van der Waals surface area contributed by atoms with Crippen molar-refractivity contribution >= 4 is 52.4 Å². The Hall–Kier alpha value is -4.50. The van der Waals surface area contributed by atoms with Crippen LogP contribution in [-0.2, 0) is 20.1 Å². The average molecular weight is 662 g/mol. The maximum Gasteiger partial charge on any atom is 0.307 e. The van der Waals surface area contributed by atoms with E-state index in [9.17, 15) is 20.1 Å². The molecule has 4 aromatic rings. The molecule has 0 saturated carbocycles. The molecule has 0 radical (unpaired) electrons. The second-order valence-electron chi connectivity index (χ2n) is 9.27. The predicted octanol–water partition coefficient (Wildman–Crippen LogP) is 5.12. The van der Waals surface area contributed by atoms with E-state index in [1.807, 2.05) is 17.5 Å². The summed E-state index contributed by atoms with van der Waals surface area (Å²) in [5.74, 6) is 0.103. The van der Waals surface area contributed by atoms with Crippen molar-refractivity contribution in [2.75, 3.05) is 31.6 Å². The monoisotopic (exact) mass is 661 g/mol. The van der Waals surface area contributed by atoms with Gasteiger partial charge in [0.1, 0.15) is 46.7 Å². The highest BCUT2D eigenvalue weighted by molar-refractivity contribution is 7.98. The third kappa shape index (κ3) is 9.01. The summed E-state index contributed by atoms with van der Waals surface area (Å²) < 4.78 is 10.7. The van der Waals surface area contributed by atoms with Gasteiger partial charge in [0.2, 0.25) is 5.91 Å². The van der Waals surface area contributed by atoms with E-state index < -0.39 is 11.9 Å². The van der Waals surface area contributed by atoms with Gasteiger partial charge in [-0.15, -0.1) is 11.3 Å². The van der Waals surface area contributed by atoms with E-state index in [4.69, 9.17) is 37.5 Å². The lowest BCUT2D eigenvalue weighted by Gasteiger charge is -2.16. The normalized spacial score (nSPS) is 10.5. The van der Waals surface area contributed by atoms with Crippen LogP contribution in [0.25, 0.3) is 21.7 Å². The van der Waals surface area contributed by atoms with E-state index in [1.54, 1.807) is 36.4 Å². The summed E-state index contributed by atoms with van der Waals surface area (Å²) in [4.78, 5) is 33.2. The molecule has 1 amide bonds. The van der Waals surface area contributed by atoms with Gasteiger partial charge in [-0.1, -0.05) is 47.6 Å². The molecule has 0 saturated heterocycles. The molecule has 0 atom stereocenters. The molecule has 5 N–H and O–H groups in total. The van der Waals surface area contributed by atoms with Crippen LogP contribution in [0.15, 0.2) is 58.9 Å². The van der Waals surface area contributed by atoms with Gasteiger partial charge in [0.05, 0.1) is 17.7 Å². The van der Waals surface area contributed by atoms with E-state index in [-0.39, 0.29) is 56.1 Å². The van der Waals surface area contributed by atoms with E-state index >= 15 is 0 Å². The molecule has 0 aliphatic heterocycles. The number of nitriles is 2. The first-order valence-corrected chi connectivity index (χ1v) is 15.9. The number of thioether (sulfide) groups is 1. The summed E-state index contributed by atoms with van der Waals surface area (Å²) in [5, 5.41) is 26.8. The summed E-state index contributed by atoms with van der Waals surface area (Å²) in [6.45, 7) is 0.521. The van der Waals surface area contributed by atoms with Crippen molar-refractivity contribution in [1.82, 2.24) is 9.97 Å². The summed E-state index contributed by atoms with van der Waals surface area (Å²) in [6.07, 6.45) is 0.163. The second kappa shape index (κ2) is 16.5. The summed E-state index contributed by atoms with van der Waals surface area (Å²) >= 11 is 8.77. The molecule has 45 heavy (non-hydrogen) atoms. The lowest BCUT2D eigenvalue weighted by molar-refractivity contribution is -0.144. The zero-order valence-electron chi connectivity index (χ0n) is 23.9. The van der Waals surface area contributed by atoms with Gasteiger partial charge < -0.3 is 26.3 Å². The number of hydrogen-bond donors (Lipinski definition) is 3. The van der Waals surface area contributed by atoms with Crippen molar-refractivity contribution in [2.45, 2.75) is 23.6 Å². The lowest BCUT2D eigenvalue weighted by Crippen LogP contribution is -2.18. The van der Waals surface area contributed by atoms with Gasteiger partial charge in [-0.25, -0.2) is 9.97 Å². The molecule has 11 nitrogen and oxygen atoms in total. The number of amides is 1. The van der Waals surface area contributed by atoms with Gasteiger partial charge in [0, 0.05) is 46.8 Å². The largest absolute Gasteiger partial charge is 0.490 e. The van der Waals surface area contributed by atoms with Crippen LogP contribution in [0.1, 0.15) is 29.7 Å². The van der Waals surface area contributed by atoms with Crippen LogP contribution in [0, 0.1) is 22.7 Å². The zero-order chi connectivity index (χ0) is 32.2. The maximum atomic E-state index is 12.5. The van der Waals surface area contributed by atoms with Crippen LogP contribution in [-0.4, -0.2) is 48.1 Å². The van der Waals surface area contributed by atoms with E-state index in [1.165, 1.54) is 23.1 Å². The maximum absolute atomic E-state index is 12.5. The highest BCUT2D eigenvalue weighted by Crippen LogP contribution is 2.38. The number of carbonyl (C=O) groups excluding carboxylic acids is 2. The minimum atomic E-state index is -0.406. The molecule has 2 aromatic carbocycles. The Labute approximate surface area is 273 Å². The van der Waals surface area contributed by atoms with Crippen LogP contribution in [0.2, 0.25) is 5.02 Å². The molecule has 2 heterocycles. The van der Waals surface area contributed by atoms with Crippen molar-refractivity contribution in [3.05, 3.63) is 75.8 Å². The van der Waals surface area contributed by atoms with Crippen molar-refractivity contribution < 1.29 is 19.1 Å². The van der Waals surface area contributed by atoms with Crippen LogP contribution < -0.4 is 21.5 Å². The number of hydrogen-bond acceptors (Lipinski definition) is 12. The average Bonchev–Trinajstić information content (AvgIpc) is 3.51. The Morgan fingerprint density at radius 2 is 1.62 bits per heavy atom. The second-order valence-corrected chi connectivity index (χ2v) is 11.5. The molecule has 230 valence electrons. The quantitative estimate of drug-likeness (QED) is 0.0923. The highest BCUT2D eigenvalue weighted by atomic mass is 35.5. The van der Waals surface area contributed by atoms with E-state index in [0.717, 1.165) is 16.3 Å². The predicted molar refractivity (Wildman–Crippen MR) is 174 cm³/mol. The minimum Gasteiger partial charge on any atom is -0.490 e. The van der Waals surface area contributed by atoms with Gasteiger partial charge >= 0.3 is 5.97 Å². The van der Waals surface area contributed by atoms with Crippen molar-refractivity contribution in [1.29, 1.82) is 10.5 Å². The van der Waals surface area contributed by atoms with Gasteiger partial charge in [0.15, 0.2) is 5.82 Å². The molecule has 0 aliphatic carbocycles. The minimum absolute atomic E-state index is 0.0320. The zero-order valence-corrected chi connectivity index (χ0v) is 26.3. The van der Waals surface area contributed by atoms with Crippen LogP contribution in [0.4, 0.5) is 5.82 Å². The third-order valence-corrected chi connectivity index (χ3v) is 8.32. The van der Waals surface area contributed by atoms with Gasteiger partial charge in [-0.3, -0.25) is 9.59 Å². The first-order chi connectivity index (χ1) is 21.9. The number of anilines is 1. The SMILES string of the molecule is N#Cc1c(NC(=O)CCN)nc(SCc2csc(-c3ccc(Cl)cc3)n2)c(C#N)c1-c1ccc(OCCOC(=O)CCN)cc1. The number of rotatable bonds is 14.